The Hall–Kier alpha value is -2.10. The first-order valence-corrected chi connectivity index (χ1v) is 12.9. The molecule has 2 aromatic heterocycles. The molecule has 1 fully saturated rings. The highest BCUT2D eigenvalue weighted by molar-refractivity contribution is 7.92. The molecule has 9 heteroatoms. The summed E-state index contributed by atoms with van der Waals surface area (Å²) in [6.07, 6.45) is 3.83. The maximum atomic E-state index is 12.4. The van der Waals surface area contributed by atoms with Gasteiger partial charge < -0.3 is 4.90 Å². The molecule has 7 nitrogen and oxygen atoms in total. The van der Waals surface area contributed by atoms with Gasteiger partial charge in [-0.2, -0.15) is 0 Å². The van der Waals surface area contributed by atoms with E-state index in [9.17, 15) is 4.21 Å². The van der Waals surface area contributed by atoms with Gasteiger partial charge in [0.1, 0.15) is 0 Å². The lowest BCUT2D eigenvalue weighted by Gasteiger charge is -2.38. The highest BCUT2D eigenvalue weighted by Crippen LogP contribution is 2.28. The van der Waals surface area contributed by atoms with Crippen LogP contribution in [0.5, 0.6) is 0 Å². The molecule has 2 atom stereocenters. The second-order valence-electron chi connectivity index (χ2n) is 7.76. The topological polar surface area (TPSA) is 86.1 Å². The van der Waals surface area contributed by atoms with Crippen LogP contribution in [0.4, 0.5) is 5.95 Å². The van der Waals surface area contributed by atoms with Gasteiger partial charge in [0, 0.05) is 50.4 Å². The van der Waals surface area contributed by atoms with E-state index in [1.54, 1.807) is 23.7 Å². The first-order chi connectivity index (χ1) is 14.4. The Morgan fingerprint density at radius 2 is 1.90 bits per heavy atom. The number of rotatable bonds is 6. The van der Waals surface area contributed by atoms with E-state index < -0.39 is 9.73 Å². The maximum absolute atomic E-state index is 12.4. The van der Waals surface area contributed by atoms with Crippen LogP contribution in [0.25, 0.3) is 10.2 Å². The number of nitrogens with zero attached hydrogens (tertiary/aromatic N) is 5. The van der Waals surface area contributed by atoms with Gasteiger partial charge in [0.25, 0.3) is 0 Å². The molecule has 3 aromatic rings. The van der Waals surface area contributed by atoms with E-state index in [1.165, 1.54) is 10.3 Å². The predicted molar refractivity (Wildman–Crippen MR) is 123 cm³/mol. The van der Waals surface area contributed by atoms with E-state index in [0.717, 1.165) is 36.7 Å². The van der Waals surface area contributed by atoms with Gasteiger partial charge in [0.05, 0.1) is 29.8 Å². The maximum Gasteiger partial charge on any atom is 0.225 e. The van der Waals surface area contributed by atoms with E-state index in [4.69, 9.17) is 4.78 Å². The zero-order valence-corrected chi connectivity index (χ0v) is 19.3. The third kappa shape index (κ3) is 4.33. The third-order valence-corrected chi connectivity index (χ3v) is 8.54. The first-order valence-electron chi connectivity index (χ1n) is 10.3. The molecule has 0 spiro atoms. The van der Waals surface area contributed by atoms with Gasteiger partial charge in [-0.3, -0.25) is 4.90 Å². The minimum absolute atomic E-state index is 0.323. The quantitative estimate of drug-likeness (QED) is 0.616. The smallest absolute Gasteiger partial charge is 0.225 e. The normalized spacial score (nSPS) is 18.4. The van der Waals surface area contributed by atoms with Crippen LogP contribution >= 0.6 is 11.3 Å². The van der Waals surface area contributed by atoms with E-state index in [0.29, 0.717) is 29.1 Å². The number of hydrogen-bond donors (Lipinski definition) is 1. The largest absolute Gasteiger partial charge is 0.338 e. The monoisotopic (exact) mass is 444 g/mol. The number of aryl methyl sites for hydroxylation is 1. The Morgan fingerprint density at radius 1 is 1.20 bits per heavy atom. The fourth-order valence-electron chi connectivity index (χ4n) is 3.89. The molecule has 30 heavy (non-hydrogen) atoms. The van der Waals surface area contributed by atoms with Gasteiger partial charge in [0.15, 0.2) is 0 Å². The molecular weight excluding hydrogens is 416 g/mol. The van der Waals surface area contributed by atoms with Crippen molar-refractivity contribution in [3.63, 3.8) is 0 Å². The number of piperazine rings is 1. The SMILES string of the molecule is CCCS(=N)(=O)c1cnc(N2CCN(C(C)c3ccc4sc(C)nc4c3)CC2)nc1. The zero-order chi connectivity index (χ0) is 21.3. The molecule has 1 aliphatic rings. The number of thiazole rings is 1. The standard InChI is InChI=1S/C21H28N6OS2/c1-4-11-30(22,28)18-13-23-21(24-14-18)27-9-7-26(8-10-27)15(2)17-5-6-20-19(12-17)25-16(3)29-20/h5-6,12-15,22H,4,7-11H2,1-3H3. The molecule has 1 aromatic carbocycles. The molecule has 1 N–H and O–H groups in total. The lowest BCUT2D eigenvalue weighted by Crippen LogP contribution is -2.47. The summed E-state index contributed by atoms with van der Waals surface area (Å²) in [6, 6.07) is 6.93. The highest BCUT2D eigenvalue weighted by Gasteiger charge is 2.24. The van der Waals surface area contributed by atoms with Crippen molar-refractivity contribution in [2.24, 2.45) is 0 Å². The number of fused-ring (bicyclic) bond motifs is 1. The molecule has 0 aliphatic carbocycles. The van der Waals surface area contributed by atoms with Crippen LogP contribution in [0.3, 0.4) is 0 Å². The molecule has 2 unspecified atom stereocenters. The molecule has 0 bridgehead atoms. The van der Waals surface area contributed by atoms with Crippen molar-refractivity contribution in [2.45, 2.75) is 38.1 Å². The van der Waals surface area contributed by atoms with Crippen molar-refractivity contribution in [1.29, 1.82) is 4.78 Å². The number of nitrogens with one attached hydrogen (secondary N) is 1. The Bertz CT molecular complexity index is 1120. The van der Waals surface area contributed by atoms with Gasteiger partial charge in [-0.1, -0.05) is 13.0 Å². The molecule has 0 radical (unpaired) electrons. The van der Waals surface area contributed by atoms with Crippen molar-refractivity contribution in [3.8, 4) is 0 Å². The van der Waals surface area contributed by atoms with Crippen LogP contribution in [-0.4, -0.2) is 56.0 Å². The molecular formula is C21H28N6OS2. The fraction of sp³-hybridized carbons (Fsp3) is 0.476. The average Bonchev–Trinajstić information content (AvgIpc) is 3.12. The third-order valence-electron chi connectivity index (χ3n) is 5.63. The minimum atomic E-state index is -2.78. The fourth-order valence-corrected chi connectivity index (χ4v) is 5.95. The van der Waals surface area contributed by atoms with Gasteiger partial charge in [-0.05, 0) is 38.0 Å². The molecule has 3 heterocycles. The molecule has 4 rings (SSSR count). The summed E-state index contributed by atoms with van der Waals surface area (Å²) in [7, 11) is -2.78. The van der Waals surface area contributed by atoms with Crippen molar-refractivity contribution < 1.29 is 4.21 Å². The van der Waals surface area contributed by atoms with Crippen LogP contribution < -0.4 is 4.90 Å². The number of hydrogen-bond acceptors (Lipinski definition) is 8. The summed E-state index contributed by atoms with van der Waals surface area (Å²) in [5.74, 6) is 0.996. The van der Waals surface area contributed by atoms with Crippen molar-refractivity contribution in [3.05, 3.63) is 41.2 Å². The molecule has 0 saturated carbocycles. The van der Waals surface area contributed by atoms with Crippen molar-refractivity contribution in [2.75, 3.05) is 36.8 Å². The van der Waals surface area contributed by atoms with Crippen LogP contribution in [0.1, 0.15) is 36.9 Å². The molecule has 1 aliphatic heterocycles. The van der Waals surface area contributed by atoms with Crippen molar-refractivity contribution >= 4 is 37.2 Å². The number of benzene rings is 1. The van der Waals surface area contributed by atoms with Crippen LogP contribution in [0.15, 0.2) is 35.5 Å². The second-order valence-corrected chi connectivity index (χ2v) is 11.2. The van der Waals surface area contributed by atoms with Gasteiger partial charge in [-0.25, -0.2) is 23.9 Å². The summed E-state index contributed by atoms with van der Waals surface area (Å²) >= 11 is 1.74. The van der Waals surface area contributed by atoms with Crippen LogP contribution in [-0.2, 0) is 9.73 Å². The first kappa shape index (κ1) is 21.1. The van der Waals surface area contributed by atoms with Crippen molar-refractivity contribution in [1.82, 2.24) is 19.9 Å². The lowest BCUT2D eigenvalue weighted by molar-refractivity contribution is 0.198. The molecule has 160 valence electrons. The second kappa shape index (κ2) is 8.56. The molecule has 0 amide bonds. The van der Waals surface area contributed by atoms with E-state index in [2.05, 4.69) is 49.9 Å². The average molecular weight is 445 g/mol. The van der Waals surface area contributed by atoms with Gasteiger partial charge >= 0.3 is 0 Å². The summed E-state index contributed by atoms with van der Waals surface area (Å²) in [4.78, 5) is 18.5. The number of aromatic nitrogens is 3. The summed E-state index contributed by atoms with van der Waals surface area (Å²) < 4.78 is 21.6. The predicted octanol–water partition coefficient (Wildman–Crippen LogP) is 4.09. The highest BCUT2D eigenvalue weighted by atomic mass is 32.2. The lowest BCUT2D eigenvalue weighted by atomic mass is 10.1. The number of anilines is 1. The van der Waals surface area contributed by atoms with Gasteiger partial charge in [0.2, 0.25) is 5.95 Å². The summed E-state index contributed by atoms with van der Waals surface area (Å²) in [5, 5.41) is 1.10. The molecule has 1 saturated heterocycles. The Balaban J connectivity index is 1.40. The van der Waals surface area contributed by atoms with Gasteiger partial charge in [-0.15, -0.1) is 11.3 Å². The Kier molecular flexibility index (Phi) is 6.04. The van der Waals surface area contributed by atoms with E-state index in [-0.39, 0.29) is 0 Å². The minimum Gasteiger partial charge on any atom is -0.338 e. The van der Waals surface area contributed by atoms with E-state index in [1.807, 2.05) is 13.8 Å². The Labute approximate surface area is 182 Å². The van der Waals surface area contributed by atoms with Crippen LogP contribution in [0, 0.1) is 11.7 Å². The Morgan fingerprint density at radius 3 is 2.57 bits per heavy atom. The summed E-state index contributed by atoms with van der Waals surface area (Å²) in [5.41, 5.74) is 2.38. The van der Waals surface area contributed by atoms with Crippen LogP contribution in [0.2, 0.25) is 0 Å². The summed E-state index contributed by atoms with van der Waals surface area (Å²) in [6.45, 7) is 9.75. The zero-order valence-electron chi connectivity index (χ0n) is 17.7. The van der Waals surface area contributed by atoms with E-state index >= 15 is 0 Å².